The van der Waals surface area contributed by atoms with Crippen molar-refractivity contribution in [3.05, 3.63) is 18.2 Å². The molecule has 1 aromatic rings. The minimum atomic E-state index is -1.16. The average molecular weight is 254 g/mol. The van der Waals surface area contributed by atoms with Crippen molar-refractivity contribution in [1.29, 1.82) is 0 Å². The Hall–Kier alpha value is -1.46. The molecule has 0 heterocycles. The molecule has 0 bridgehead atoms. The van der Waals surface area contributed by atoms with Crippen LogP contribution < -0.4 is 15.8 Å². The minimum absolute atomic E-state index is 0.236. The van der Waals surface area contributed by atoms with Gasteiger partial charge in [0.15, 0.2) is 0 Å². The predicted octanol–water partition coefficient (Wildman–Crippen LogP) is 1.21. The van der Waals surface area contributed by atoms with Gasteiger partial charge >= 0.3 is 0 Å². The van der Waals surface area contributed by atoms with E-state index in [9.17, 15) is 5.11 Å². The summed E-state index contributed by atoms with van der Waals surface area (Å²) in [6.07, 6.45) is 0.927. The summed E-state index contributed by atoms with van der Waals surface area (Å²) >= 11 is 0. The summed E-state index contributed by atoms with van der Waals surface area (Å²) in [6, 6.07) is 5.33. The van der Waals surface area contributed by atoms with Crippen LogP contribution in [0.1, 0.15) is 20.3 Å². The largest absolute Gasteiger partial charge is 0.493 e. The number of hydrogen-bond acceptors (Lipinski definition) is 5. The number of rotatable bonds is 7. The summed E-state index contributed by atoms with van der Waals surface area (Å²) in [4.78, 5) is 0. The monoisotopic (exact) mass is 254 g/mol. The molecule has 5 heteroatoms. The highest BCUT2D eigenvalue weighted by molar-refractivity contribution is 5.59. The van der Waals surface area contributed by atoms with Gasteiger partial charge in [-0.15, -0.1) is 0 Å². The van der Waals surface area contributed by atoms with Crippen molar-refractivity contribution in [2.45, 2.75) is 25.9 Å². The van der Waals surface area contributed by atoms with Crippen LogP contribution in [0.15, 0.2) is 18.2 Å². The normalized spacial score (nSPS) is 14.0. The molecule has 0 aliphatic heterocycles. The van der Waals surface area contributed by atoms with Crippen LogP contribution in [0.25, 0.3) is 0 Å². The zero-order valence-electron chi connectivity index (χ0n) is 10.9. The molecular formula is C13H22N2O3. The number of nitrogens with one attached hydrogen (secondary N) is 1. The molecule has 5 nitrogen and oxygen atoms in total. The molecular weight excluding hydrogens is 232 g/mol. The summed E-state index contributed by atoms with van der Waals surface area (Å²) < 4.78 is 5.50. The van der Waals surface area contributed by atoms with Gasteiger partial charge in [-0.05, 0) is 19.4 Å². The van der Waals surface area contributed by atoms with E-state index in [1.54, 1.807) is 19.1 Å². The van der Waals surface area contributed by atoms with Crippen molar-refractivity contribution in [3.63, 3.8) is 0 Å². The summed E-state index contributed by atoms with van der Waals surface area (Å²) in [6.45, 7) is 4.16. The van der Waals surface area contributed by atoms with E-state index in [4.69, 9.17) is 15.6 Å². The van der Waals surface area contributed by atoms with Crippen LogP contribution in [0, 0.1) is 0 Å². The quantitative estimate of drug-likeness (QED) is 0.549. The fourth-order valence-corrected chi connectivity index (χ4v) is 1.38. The SMILES string of the molecule is CCCOc1cc(N)cc(NCC(C)(O)CO)c1. The van der Waals surface area contributed by atoms with Gasteiger partial charge < -0.3 is 26.0 Å². The van der Waals surface area contributed by atoms with E-state index in [0.717, 1.165) is 12.1 Å². The first-order chi connectivity index (χ1) is 8.46. The molecule has 1 rings (SSSR count). The minimum Gasteiger partial charge on any atom is -0.493 e. The van der Waals surface area contributed by atoms with E-state index in [2.05, 4.69) is 5.32 Å². The summed E-state index contributed by atoms with van der Waals surface area (Å²) in [5.74, 6) is 0.697. The van der Waals surface area contributed by atoms with Crippen LogP contribution in [0.2, 0.25) is 0 Å². The van der Waals surface area contributed by atoms with Crippen LogP contribution in [-0.2, 0) is 0 Å². The number of benzene rings is 1. The molecule has 5 N–H and O–H groups in total. The topological polar surface area (TPSA) is 87.7 Å². The molecule has 0 saturated heterocycles. The number of hydrogen-bond donors (Lipinski definition) is 4. The molecule has 0 amide bonds. The molecule has 1 aromatic carbocycles. The van der Waals surface area contributed by atoms with E-state index in [-0.39, 0.29) is 13.2 Å². The number of nitrogens with two attached hydrogens (primary N) is 1. The number of anilines is 2. The van der Waals surface area contributed by atoms with E-state index < -0.39 is 5.60 Å². The molecule has 0 fully saturated rings. The molecule has 1 unspecified atom stereocenters. The van der Waals surface area contributed by atoms with Crippen molar-refractivity contribution in [2.24, 2.45) is 0 Å². The number of ether oxygens (including phenoxy) is 1. The molecule has 1 atom stereocenters. The summed E-state index contributed by atoms with van der Waals surface area (Å²) in [7, 11) is 0. The Bertz CT molecular complexity index is 380. The van der Waals surface area contributed by atoms with Crippen molar-refractivity contribution < 1.29 is 14.9 Å². The third-order valence-corrected chi connectivity index (χ3v) is 2.42. The van der Waals surface area contributed by atoms with Gasteiger partial charge in [-0.25, -0.2) is 0 Å². The van der Waals surface area contributed by atoms with Gasteiger partial charge in [-0.3, -0.25) is 0 Å². The lowest BCUT2D eigenvalue weighted by molar-refractivity contribution is 0.0132. The first-order valence-corrected chi connectivity index (χ1v) is 6.07. The van der Waals surface area contributed by atoms with Crippen LogP contribution in [0.3, 0.4) is 0 Å². The Morgan fingerprint density at radius 2 is 2.11 bits per heavy atom. The highest BCUT2D eigenvalue weighted by Gasteiger charge is 2.18. The standard InChI is InChI=1S/C13H22N2O3/c1-3-4-18-12-6-10(14)5-11(7-12)15-8-13(2,17)9-16/h5-7,15-17H,3-4,8-9,14H2,1-2H3. The first kappa shape index (κ1) is 14.6. The van der Waals surface area contributed by atoms with Crippen LogP contribution >= 0.6 is 0 Å². The Balaban J connectivity index is 2.68. The van der Waals surface area contributed by atoms with Crippen LogP contribution in [0.5, 0.6) is 5.75 Å². The van der Waals surface area contributed by atoms with Crippen LogP contribution in [-0.4, -0.2) is 35.6 Å². The predicted molar refractivity (Wildman–Crippen MR) is 72.8 cm³/mol. The third kappa shape index (κ3) is 4.81. The molecule has 0 radical (unpaired) electrons. The van der Waals surface area contributed by atoms with Gasteiger partial charge in [0.1, 0.15) is 11.4 Å². The fraction of sp³-hybridized carbons (Fsp3) is 0.538. The third-order valence-electron chi connectivity index (χ3n) is 2.42. The van der Waals surface area contributed by atoms with Gasteiger partial charge in [-0.2, -0.15) is 0 Å². The maximum absolute atomic E-state index is 9.69. The molecule has 0 aromatic heterocycles. The Labute approximate surface area is 108 Å². The first-order valence-electron chi connectivity index (χ1n) is 6.07. The van der Waals surface area contributed by atoms with Gasteiger partial charge in [0.05, 0.1) is 13.2 Å². The van der Waals surface area contributed by atoms with E-state index in [0.29, 0.717) is 18.0 Å². The molecule has 0 aliphatic carbocycles. The zero-order valence-corrected chi connectivity index (χ0v) is 10.9. The lowest BCUT2D eigenvalue weighted by Crippen LogP contribution is -2.37. The molecule has 0 spiro atoms. The zero-order chi connectivity index (χ0) is 13.6. The maximum atomic E-state index is 9.69. The van der Waals surface area contributed by atoms with E-state index in [1.807, 2.05) is 13.0 Å². The Morgan fingerprint density at radius 3 is 2.72 bits per heavy atom. The van der Waals surface area contributed by atoms with Gasteiger partial charge in [0.25, 0.3) is 0 Å². The van der Waals surface area contributed by atoms with Crippen LogP contribution in [0.4, 0.5) is 11.4 Å². The van der Waals surface area contributed by atoms with Gasteiger partial charge in [0.2, 0.25) is 0 Å². The number of aliphatic hydroxyl groups excluding tert-OH is 1. The van der Waals surface area contributed by atoms with E-state index >= 15 is 0 Å². The number of aliphatic hydroxyl groups is 2. The highest BCUT2D eigenvalue weighted by Crippen LogP contribution is 2.23. The van der Waals surface area contributed by atoms with Crippen molar-refractivity contribution >= 4 is 11.4 Å². The van der Waals surface area contributed by atoms with Crippen molar-refractivity contribution in [3.8, 4) is 5.75 Å². The van der Waals surface area contributed by atoms with Crippen molar-refractivity contribution in [2.75, 3.05) is 30.8 Å². The second-order valence-corrected chi connectivity index (χ2v) is 4.65. The van der Waals surface area contributed by atoms with Gasteiger partial charge in [-0.1, -0.05) is 6.92 Å². The second kappa shape index (κ2) is 6.47. The number of nitrogen functional groups attached to an aromatic ring is 1. The molecule has 0 saturated carbocycles. The Morgan fingerprint density at radius 1 is 1.39 bits per heavy atom. The molecule has 18 heavy (non-hydrogen) atoms. The molecule has 0 aliphatic rings. The lowest BCUT2D eigenvalue weighted by atomic mass is 10.1. The molecule has 102 valence electrons. The maximum Gasteiger partial charge on any atom is 0.123 e. The van der Waals surface area contributed by atoms with E-state index in [1.165, 1.54) is 0 Å². The Kier molecular flexibility index (Phi) is 5.25. The smallest absolute Gasteiger partial charge is 0.123 e. The second-order valence-electron chi connectivity index (χ2n) is 4.65. The summed E-state index contributed by atoms with van der Waals surface area (Å²) in [5, 5.41) is 21.7. The summed E-state index contributed by atoms with van der Waals surface area (Å²) in [5.41, 5.74) is 5.96. The fourth-order valence-electron chi connectivity index (χ4n) is 1.38. The highest BCUT2D eigenvalue weighted by atomic mass is 16.5. The lowest BCUT2D eigenvalue weighted by Gasteiger charge is -2.21. The van der Waals surface area contributed by atoms with Crippen molar-refractivity contribution in [1.82, 2.24) is 0 Å². The average Bonchev–Trinajstić information content (AvgIpc) is 2.33. The van der Waals surface area contributed by atoms with Gasteiger partial charge in [0, 0.05) is 30.1 Å².